The Morgan fingerprint density at radius 1 is 1.41 bits per heavy atom. The highest BCUT2D eigenvalue weighted by Crippen LogP contribution is 2.17. The van der Waals surface area contributed by atoms with Crippen molar-refractivity contribution in [2.24, 2.45) is 0 Å². The predicted octanol–water partition coefficient (Wildman–Crippen LogP) is 1.17. The van der Waals surface area contributed by atoms with Crippen LogP contribution in [0.3, 0.4) is 0 Å². The second-order valence-corrected chi connectivity index (χ2v) is 5.09. The normalized spacial score (nSPS) is 24.8. The summed E-state index contributed by atoms with van der Waals surface area (Å²) in [5.41, 5.74) is 0.806. The monoisotopic (exact) mass is 304 g/mol. The van der Waals surface area contributed by atoms with Gasteiger partial charge in [-0.3, -0.25) is 14.9 Å². The average molecular weight is 304 g/mol. The lowest BCUT2D eigenvalue weighted by Crippen LogP contribution is -2.57. The lowest BCUT2D eigenvalue weighted by molar-refractivity contribution is -0.520. The molecule has 1 saturated heterocycles. The highest BCUT2D eigenvalue weighted by atomic mass is 16.6. The van der Waals surface area contributed by atoms with Crippen molar-refractivity contribution in [3.8, 4) is 0 Å². The third-order valence-corrected chi connectivity index (χ3v) is 3.30. The molecule has 7 nitrogen and oxygen atoms in total. The van der Waals surface area contributed by atoms with Gasteiger partial charge in [0, 0.05) is 23.5 Å². The van der Waals surface area contributed by atoms with E-state index in [9.17, 15) is 19.7 Å². The molecule has 3 atom stereocenters. The van der Waals surface area contributed by atoms with E-state index in [1.807, 2.05) is 18.2 Å². The van der Waals surface area contributed by atoms with Gasteiger partial charge in [0.25, 0.3) is 5.91 Å². The van der Waals surface area contributed by atoms with Gasteiger partial charge in [-0.15, -0.1) is 0 Å². The van der Waals surface area contributed by atoms with Gasteiger partial charge in [-0.25, -0.2) is 4.79 Å². The molecule has 0 spiro atoms. The van der Waals surface area contributed by atoms with Gasteiger partial charge in [-0.1, -0.05) is 30.3 Å². The molecule has 1 aliphatic heterocycles. The maximum absolute atomic E-state index is 11.8. The summed E-state index contributed by atoms with van der Waals surface area (Å²) in [6.45, 7) is 1.70. The fourth-order valence-corrected chi connectivity index (χ4v) is 2.29. The highest BCUT2D eigenvalue weighted by Gasteiger charge is 2.46. The Morgan fingerprint density at radius 3 is 2.73 bits per heavy atom. The summed E-state index contributed by atoms with van der Waals surface area (Å²) in [6.07, 6.45) is 1.90. The largest absolute Gasteiger partial charge is 0.451 e. The number of carbonyl (C=O) groups is 2. The minimum absolute atomic E-state index is 0.211. The summed E-state index contributed by atoms with van der Waals surface area (Å²) in [5.74, 6) is -1.43. The summed E-state index contributed by atoms with van der Waals surface area (Å²) >= 11 is 0. The maximum atomic E-state index is 11.8. The molecule has 0 aromatic heterocycles. The van der Waals surface area contributed by atoms with Gasteiger partial charge >= 0.3 is 12.0 Å². The van der Waals surface area contributed by atoms with Crippen LogP contribution < -0.4 is 5.32 Å². The van der Waals surface area contributed by atoms with E-state index in [0.717, 1.165) is 5.56 Å². The first-order valence-electron chi connectivity index (χ1n) is 6.85. The van der Waals surface area contributed by atoms with Crippen LogP contribution in [0, 0.1) is 10.1 Å². The molecule has 1 aromatic carbocycles. The van der Waals surface area contributed by atoms with E-state index in [2.05, 4.69) is 5.32 Å². The molecule has 1 heterocycles. The standard InChI is InChI=1S/C15H16N2O5/c1-10-9-12(14(17(20)21)15(19)16-10)22-13(18)8-7-11-5-3-2-4-6-11/h2-8,10,12,14H,9H2,1H3,(H,16,19)/b8-7+. The van der Waals surface area contributed by atoms with Crippen LogP contribution in [0.2, 0.25) is 0 Å². The van der Waals surface area contributed by atoms with E-state index in [-0.39, 0.29) is 12.5 Å². The lowest BCUT2D eigenvalue weighted by atomic mass is 9.98. The first kappa shape index (κ1) is 15.7. The van der Waals surface area contributed by atoms with Crippen molar-refractivity contribution in [3.05, 3.63) is 52.1 Å². The average Bonchev–Trinajstić information content (AvgIpc) is 2.45. The molecule has 1 N–H and O–H groups in total. The molecular formula is C15H16N2O5. The molecule has 2 rings (SSSR count). The van der Waals surface area contributed by atoms with Gasteiger partial charge < -0.3 is 10.1 Å². The number of nitrogens with zero attached hydrogens (tertiary/aromatic N) is 1. The van der Waals surface area contributed by atoms with E-state index in [1.54, 1.807) is 25.1 Å². The number of amides is 1. The van der Waals surface area contributed by atoms with Crippen molar-refractivity contribution in [3.63, 3.8) is 0 Å². The van der Waals surface area contributed by atoms with Gasteiger partial charge in [0.2, 0.25) is 0 Å². The minimum Gasteiger partial charge on any atom is -0.451 e. The van der Waals surface area contributed by atoms with Crippen LogP contribution in [0.15, 0.2) is 36.4 Å². The molecule has 0 saturated carbocycles. The summed E-state index contributed by atoms with van der Waals surface area (Å²) in [6, 6.07) is 7.26. The number of nitrogens with one attached hydrogen (secondary N) is 1. The van der Waals surface area contributed by atoms with Crippen LogP contribution in [0.1, 0.15) is 18.9 Å². The zero-order chi connectivity index (χ0) is 16.1. The number of esters is 1. The summed E-state index contributed by atoms with van der Waals surface area (Å²) in [5, 5.41) is 13.5. The minimum atomic E-state index is -1.56. The molecular weight excluding hydrogens is 288 g/mol. The van der Waals surface area contributed by atoms with Crippen LogP contribution in [0.5, 0.6) is 0 Å². The number of ether oxygens (including phenoxy) is 1. The van der Waals surface area contributed by atoms with E-state index in [4.69, 9.17) is 4.74 Å². The van der Waals surface area contributed by atoms with Gasteiger partial charge in [-0.05, 0) is 18.6 Å². The van der Waals surface area contributed by atoms with Crippen LogP contribution >= 0.6 is 0 Å². The molecule has 1 amide bonds. The Bertz CT molecular complexity index is 599. The van der Waals surface area contributed by atoms with Crippen LogP contribution in [0.25, 0.3) is 6.08 Å². The fourth-order valence-electron chi connectivity index (χ4n) is 2.29. The zero-order valence-corrected chi connectivity index (χ0v) is 12.0. The number of hydrogen-bond donors (Lipinski definition) is 1. The molecule has 7 heteroatoms. The van der Waals surface area contributed by atoms with Crippen molar-refractivity contribution in [1.29, 1.82) is 0 Å². The second-order valence-electron chi connectivity index (χ2n) is 5.09. The van der Waals surface area contributed by atoms with Crippen molar-refractivity contribution in [2.75, 3.05) is 0 Å². The molecule has 22 heavy (non-hydrogen) atoms. The quantitative estimate of drug-likeness (QED) is 0.389. The summed E-state index contributed by atoms with van der Waals surface area (Å²) in [7, 11) is 0. The predicted molar refractivity (Wildman–Crippen MR) is 78.4 cm³/mol. The Kier molecular flexibility index (Phi) is 4.88. The van der Waals surface area contributed by atoms with Crippen LogP contribution in [0.4, 0.5) is 0 Å². The summed E-state index contributed by atoms with van der Waals surface area (Å²) < 4.78 is 5.10. The number of benzene rings is 1. The topological polar surface area (TPSA) is 98.5 Å². The first-order chi connectivity index (χ1) is 10.5. The molecule has 3 unspecified atom stereocenters. The Balaban J connectivity index is 2.03. The lowest BCUT2D eigenvalue weighted by Gasteiger charge is -2.28. The molecule has 0 bridgehead atoms. The molecule has 1 aliphatic rings. The van der Waals surface area contributed by atoms with Gasteiger partial charge in [0.15, 0.2) is 6.10 Å². The fraction of sp³-hybridized carbons (Fsp3) is 0.333. The van der Waals surface area contributed by atoms with Crippen molar-refractivity contribution < 1.29 is 19.2 Å². The smallest absolute Gasteiger partial charge is 0.331 e. The molecule has 1 fully saturated rings. The Hall–Kier alpha value is -2.70. The van der Waals surface area contributed by atoms with Gasteiger partial charge in [0.1, 0.15) is 0 Å². The maximum Gasteiger partial charge on any atom is 0.331 e. The third kappa shape index (κ3) is 3.91. The first-order valence-corrected chi connectivity index (χ1v) is 6.85. The number of rotatable bonds is 4. The Labute approximate surface area is 127 Å². The van der Waals surface area contributed by atoms with Gasteiger partial charge in [0.05, 0.1) is 0 Å². The number of carbonyl (C=O) groups excluding carboxylic acids is 2. The van der Waals surface area contributed by atoms with Crippen molar-refractivity contribution >= 4 is 18.0 Å². The van der Waals surface area contributed by atoms with Crippen LogP contribution in [-0.4, -0.2) is 35.0 Å². The summed E-state index contributed by atoms with van der Waals surface area (Å²) in [4.78, 5) is 33.7. The van der Waals surface area contributed by atoms with Crippen LogP contribution in [-0.2, 0) is 14.3 Å². The second kappa shape index (κ2) is 6.84. The SMILES string of the molecule is CC1CC(OC(=O)/C=C/c2ccccc2)C([N+](=O)[O-])C(=O)N1. The van der Waals surface area contributed by atoms with E-state index >= 15 is 0 Å². The highest BCUT2D eigenvalue weighted by molar-refractivity contribution is 5.88. The zero-order valence-electron chi connectivity index (χ0n) is 12.0. The van der Waals surface area contributed by atoms with E-state index in [1.165, 1.54) is 6.08 Å². The molecule has 116 valence electrons. The Morgan fingerprint density at radius 2 is 2.09 bits per heavy atom. The van der Waals surface area contributed by atoms with Gasteiger partial charge in [-0.2, -0.15) is 0 Å². The number of nitro groups is 1. The van der Waals surface area contributed by atoms with Crippen molar-refractivity contribution in [1.82, 2.24) is 5.32 Å². The number of piperidine rings is 1. The molecule has 0 radical (unpaired) electrons. The van der Waals surface area contributed by atoms with E-state index in [0.29, 0.717) is 0 Å². The third-order valence-electron chi connectivity index (χ3n) is 3.30. The number of hydrogen-bond acceptors (Lipinski definition) is 5. The molecule has 0 aliphatic carbocycles. The van der Waals surface area contributed by atoms with Crippen molar-refractivity contribution in [2.45, 2.75) is 31.5 Å². The molecule has 1 aromatic rings. The van der Waals surface area contributed by atoms with E-state index < -0.39 is 28.9 Å².